The Balaban J connectivity index is 2.80. The quantitative estimate of drug-likeness (QED) is 0.693. The zero-order valence-corrected chi connectivity index (χ0v) is 9.98. The molecule has 3 N–H and O–H groups in total. The molecule has 0 aliphatic carbocycles. The van der Waals surface area contributed by atoms with E-state index in [-0.39, 0.29) is 0 Å². The van der Waals surface area contributed by atoms with Gasteiger partial charge < -0.3 is 20.3 Å². The second-order valence-corrected chi connectivity index (χ2v) is 3.83. The lowest BCUT2D eigenvalue weighted by atomic mass is 10.0. The van der Waals surface area contributed by atoms with Crippen LogP contribution in [0.5, 0.6) is 5.75 Å². The van der Waals surface area contributed by atoms with Crippen molar-refractivity contribution in [2.75, 3.05) is 20.7 Å². The summed E-state index contributed by atoms with van der Waals surface area (Å²) in [4.78, 5) is 0. The molecule has 1 rings (SSSR count). The van der Waals surface area contributed by atoms with E-state index in [1.807, 2.05) is 0 Å². The Kier molecular flexibility index (Phi) is 5.34. The fourth-order valence-electron chi connectivity index (χ4n) is 1.55. The predicted molar refractivity (Wildman–Crippen MR) is 62.5 cm³/mol. The minimum atomic E-state index is -1.12. The maximum atomic E-state index is 13.2. The lowest BCUT2D eigenvalue weighted by molar-refractivity contribution is 0.0138. The number of aliphatic hydroxyl groups excluding tert-OH is 2. The molecule has 96 valence electrons. The van der Waals surface area contributed by atoms with Gasteiger partial charge in [0.15, 0.2) is 0 Å². The lowest BCUT2D eigenvalue weighted by Crippen LogP contribution is -2.23. The van der Waals surface area contributed by atoms with Crippen LogP contribution in [0.3, 0.4) is 0 Å². The standard InChI is InChI=1S/C12H18FNO3/c1-14-4-3-11(15)12(16)8-5-9(13)7-10(6-8)17-2/h5-7,11-12,14-16H,3-4H2,1-2H3. The van der Waals surface area contributed by atoms with E-state index >= 15 is 0 Å². The van der Waals surface area contributed by atoms with Crippen molar-refractivity contribution >= 4 is 0 Å². The summed E-state index contributed by atoms with van der Waals surface area (Å²) in [5.41, 5.74) is 0.311. The van der Waals surface area contributed by atoms with E-state index in [2.05, 4.69) is 5.32 Å². The molecule has 0 aliphatic heterocycles. The van der Waals surface area contributed by atoms with Gasteiger partial charge in [-0.2, -0.15) is 0 Å². The van der Waals surface area contributed by atoms with Gasteiger partial charge in [0.2, 0.25) is 0 Å². The summed E-state index contributed by atoms with van der Waals surface area (Å²) >= 11 is 0. The van der Waals surface area contributed by atoms with E-state index in [1.54, 1.807) is 7.05 Å². The number of nitrogens with one attached hydrogen (secondary N) is 1. The van der Waals surface area contributed by atoms with E-state index in [9.17, 15) is 14.6 Å². The first kappa shape index (κ1) is 13.9. The molecule has 5 heteroatoms. The van der Waals surface area contributed by atoms with E-state index in [4.69, 9.17) is 4.74 Å². The number of aliphatic hydroxyl groups is 2. The first-order valence-corrected chi connectivity index (χ1v) is 5.43. The van der Waals surface area contributed by atoms with Gasteiger partial charge in [0, 0.05) is 6.07 Å². The number of hydrogen-bond acceptors (Lipinski definition) is 4. The van der Waals surface area contributed by atoms with Crippen molar-refractivity contribution in [2.45, 2.75) is 18.6 Å². The molecule has 2 unspecified atom stereocenters. The van der Waals surface area contributed by atoms with Crippen LogP contribution in [-0.2, 0) is 0 Å². The summed E-state index contributed by atoms with van der Waals surface area (Å²) in [6.45, 7) is 0.574. The molecule has 0 heterocycles. The fraction of sp³-hybridized carbons (Fsp3) is 0.500. The number of ether oxygens (including phenoxy) is 1. The van der Waals surface area contributed by atoms with Crippen molar-refractivity contribution in [3.63, 3.8) is 0 Å². The van der Waals surface area contributed by atoms with Crippen molar-refractivity contribution in [2.24, 2.45) is 0 Å². The Morgan fingerprint density at radius 1 is 1.35 bits per heavy atom. The van der Waals surface area contributed by atoms with Crippen LogP contribution in [-0.4, -0.2) is 37.0 Å². The highest BCUT2D eigenvalue weighted by Crippen LogP contribution is 2.24. The van der Waals surface area contributed by atoms with Gasteiger partial charge in [-0.15, -0.1) is 0 Å². The summed E-state index contributed by atoms with van der Waals surface area (Å²) in [6.07, 6.45) is -1.67. The molecule has 4 nitrogen and oxygen atoms in total. The second-order valence-electron chi connectivity index (χ2n) is 3.83. The van der Waals surface area contributed by atoms with Crippen LogP contribution in [0.2, 0.25) is 0 Å². The topological polar surface area (TPSA) is 61.7 Å². The van der Waals surface area contributed by atoms with Gasteiger partial charge in [-0.3, -0.25) is 0 Å². The molecule has 0 spiro atoms. The largest absolute Gasteiger partial charge is 0.497 e. The van der Waals surface area contributed by atoms with Gasteiger partial charge >= 0.3 is 0 Å². The molecule has 0 radical (unpaired) electrons. The molecule has 0 bridgehead atoms. The van der Waals surface area contributed by atoms with Crippen molar-refractivity contribution in [1.29, 1.82) is 0 Å². The van der Waals surface area contributed by atoms with Crippen LogP contribution < -0.4 is 10.1 Å². The van der Waals surface area contributed by atoms with Crippen molar-refractivity contribution in [3.8, 4) is 5.75 Å². The normalized spacial score (nSPS) is 14.4. The maximum absolute atomic E-state index is 13.2. The van der Waals surface area contributed by atoms with Crippen molar-refractivity contribution in [1.82, 2.24) is 5.32 Å². The number of hydrogen-bond donors (Lipinski definition) is 3. The smallest absolute Gasteiger partial charge is 0.127 e. The highest BCUT2D eigenvalue weighted by Gasteiger charge is 2.19. The summed E-state index contributed by atoms with van der Waals surface area (Å²) in [5.74, 6) is -0.181. The van der Waals surface area contributed by atoms with Gasteiger partial charge in [-0.25, -0.2) is 4.39 Å². The number of benzene rings is 1. The summed E-state index contributed by atoms with van der Waals surface area (Å²) in [6, 6.07) is 3.92. The number of methoxy groups -OCH3 is 1. The highest BCUT2D eigenvalue weighted by molar-refractivity contribution is 5.31. The van der Waals surface area contributed by atoms with E-state index in [0.717, 1.165) is 0 Å². The Bertz CT molecular complexity index is 360. The van der Waals surface area contributed by atoms with Gasteiger partial charge in [0.1, 0.15) is 17.7 Å². The molecule has 17 heavy (non-hydrogen) atoms. The molecule has 0 aliphatic rings. The number of rotatable bonds is 6. The molecule has 0 saturated carbocycles. The summed E-state index contributed by atoms with van der Waals surface area (Å²) in [7, 11) is 3.17. The Morgan fingerprint density at radius 3 is 2.65 bits per heavy atom. The third-order valence-electron chi connectivity index (χ3n) is 2.53. The van der Waals surface area contributed by atoms with Crippen molar-refractivity contribution < 1.29 is 19.3 Å². The summed E-state index contributed by atoms with van der Waals surface area (Å²) < 4.78 is 18.1. The predicted octanol–water partition coefficient (Wildman–Crippen LogP) is 0.838. The molecule has 0 amide bonds. The van der Waals surface area contributed by atoms with Crippen LogP contribution in [0, 0.1) is 5.82 Å². The SMILES string of the molecule is CNCCC(O)C(O)c1cc(F)cc(OC)c1. The Morgan fingerprint density at radius 2 is 2.06 bits per heavy atom. The molecule has 2 atom stereocenters. The molecular formula is C12H18FNO3. The molecule has 0 saturated heterocycles. The molecule has 0 fully saturated rings. The van der Waals surface area contributed by atoms with Gasteiger partial charge in [-0.05, 0) is 37.7 Å². The van der Waals surface area contributed by atoms with E-state index in [0.29, 0.717) is 24.3 Å². The maximum Gasteiger partial charge on any atom is 0.127 e. The van der Waals surface area contributed by atoms with Gasteiger partial charge in [0.25, 0.3) is 0 Å². The van der Waals surface area contributed by atoms with E-state index in [1.165, 1.54) is 25.3 Å². The average Bonchev–Trinajstić information content (AvgIpc) is 2.34. The third kappa shape index (κ3) is 3.96. The zero-order chi connectivity index (χ0) is 12.8. The van der Waals surface area contributed by atoms with Crippen LogP contribution in [0.15, 0.2) is 18.2 Å². The van der Waals surface area contributed by atoms with Crippen molar-refractivity contribution in [3.05, 3.63) is 29.6 Å². The number of halogens is 1. The fourth-order valence-corrected chi connectivity index (χ4v) is 1.55. The highest BCUT2D eigenvalue weighted by atomic mass is 19.1. The summed E-state index contributed by atoms with van der Waals surface area (Å²) in [5, 5.41) is 22.4. The van der Waals surface area contributed by atoms with Gasteiger partial charge in [-0.1, -0.05) is 0 Å². The minimum Gasteiger partial charge on any atom is -0.497 e. The molecule has 1 aromatic carbocycles. The molecular weight excluding hydrogens is 225 g/mol. The Labute approximate surface area is 100 Å². The van der Waals surface area contributed by atoms with Crippen LogP contribution in [0.1, 0.15) is 18.1 Å². The van der Waals surface area contributed by atoms with Crippen LogP contribution in [0.25, 0.3) is 0 Å². The lowest BCUT2D eigenvalue weighted by Gasteiger charge is -2.18. The second kappa shape index (κ2) is 6.54. The minimum absolute atomic E-state index is 0.311. The first-order chi connectivity index (χ1) is 8.08. The third-order valence-corrected chi connectivity index (χ3v) is 2.53. The molecule has 1 aromatic rings. The first-order valence-electron chi connectivity index (χ1n) is 5.43. The average molecular weight is 243 g/mol. The Hall–Kier alpha value is -1.17. The van der Waals surface area contributed by atoms with E-state index < -0.39 is 18.0 Å². The monoisotopic (exact) mass is 243 g/mol. The van der Waals surface area contributed by atoms with Crippen LogP contribution in [0.4, 0.5) is 4.39 Å². The van der Waals surface area contributed by atoms with Crippen LogP contribution >= 0.6 is 0 Å². The zero-order valence-electron chi connectivity index (χ0n) is 9.98. The van der Waals surface area contributed by atoms with Gasteiger partial charge in [0.05, 0.1) is 13.2 Å². The molecule has 0 aromatic heterocycles.